The van der Waals surface area contributed by atoms with E-state index in [-0.39, 0.29) is 0 Å². The number of hydrogen-bond donors (Lipinski definition) is 2. The fraction of sp³-hybridized carbons (Fsp3) is 0.273. The number of thioether (sulfide) groups is 1. The summed E-state index contributed by atoms with van der Waals surface area (Å²) in [6.07, 6.45) is -3.31. The number of imide groups is 1. The lowest BCUT2D eigenvalue weighted by Crippen LogP contribution is -2.27. The number of alkyl halides is 3. The molecule has 1 aliphatic rings. The van der Waals surface area contributed by atoms with Gasteiger partial charge in [-0.1, -0.05) is 24.3 Å². The van der Waals surface area contributed by atoms with Crippen LogP contribution in [-0.4, -0.2) is 38.0 Å². The van der Waals surface area contributed by atoms with Crippen molar-refractivity contribution in [1.82, 2.24) is 10.6 Å². The van der Waals surface area contributed by atoms with Crippen molar-refractivity contribution in [1.29, 1.82) is 0 Å². The molecular formula is C22H21F3N2O4S. The first-order valence-corrected chi connectivity index (χ1v) is 10.5. The molecule has 0 spiro atoms. The van der Waals surface area contributed by atoms with Gasteiger partial charge in [-0.3, -0.25) is 14.9 Å². The van der Waals surface area contributed by atoms with E-state index in [1.807, 2.05) is 0 Å². The Morgan fingerprint density at radius 3 is 2.53 bits per heavy atom. The van der Waals surface area contributed by atoms with Gasteiger partial charge in [0, 0.05) is 20.2 Å². The Labute approximate surface area is 187 Å². The molecule has 1 atom stereocenters. The number of hydrogen-bond acceptors (Lipinski definition) is 6. The van der Waals surface area contributed by atoms with Crippen molar-refractivity contribution in [3.05, 3.63) is 70.1 Å². The van der Waals surface area contributed by atoms with E-state index < -0.39 is 29.0 Å². The second-order valence-electron chi connectivity index (χ2n) is 6.82. The zero-order valence-corrected chi connectivity index (χ0v) is 17.9. The normalized spacial score (nSPS) is 16.3. The van der Waals surface area contributed by atoms with Gasteiger partial charge in [0.1, 0.15) is 12.4 Å². The van der Waals surface area contributed by atoms with E-state index in [0.717, 1.165) is 29.5 Å². The number of carbonyl (C=O) groups is 2. The molecule has 0 aliphatic carbocycles. The SMILES string of the molecule is COC(CNCCOc1ccc(C=C2SC(=O)NC2=O)cc1)c1cccc(C(F)(F)F)c1. The third kappa shape index (κ3) is 6.59. The Kier molecular flexibility index (Phi) is 7.94. The number of methoxy groups -OCH3 is 1. The molecule has 1 heterocycles. The van der Waals surface area contributed by atoms with Crippen LogP contribution in [-0.2, 0) is 15.7 Å². The van der Waals surface area contributed by atoms with Gasteiger partial charge in [0.15, 0.2) is 0 Å². The first kappa shape index (κ1) is 23.8. The van der Waals surface area contributed by atoms with Gasteiger partial charge >= 0.3 is 6.18 Å². The van der Waals surface area contributed by atoms with Crippen LogP contribution in [0.25, 0.3) is 6.08 Å². The monoisotopic (exact) mass is 466 g/mol. The first-order chi connectivity index (χ1) is 15.3. The summed E-state index contributed by atoms with van der Waals surface area (Å²) in [5.74, 6) is 0.209. The van der Waals surface area contributed by atoms with Gasteiger partial charge in [-0.25, -0.2) is 0 Å². The molecule has 2 N–H and O–H groups in total. The smallest absolute Gasteiger partial charge is 0.416 e. The molecule has 0 radical (unpaired) electrons. The Bertz CT molecular complexity index is 993. The maximum absolute atomic E-state index is 12.9. The topological polar surface area (TPSA) is 76.7 Å². The third-order valence-electron chi connectivity index (χ3n) is 4.57. The van der Waals surface area contributed by atoms with Gasteiger partial charge in [0.25, 0.3) is 11.1 Å². The molecule has 1 unspecified atom stereocenters. The van der Waals surface area contributed by atoms with Crippen molar-refractivity contribution in [3.8, 4) is 5.75 Å². The molecule has 0 saturated carbocycles. The quantitative estimate of drug-likeness (QED) is 0.422. The third-order valence-corrected chi connectivity index (χ3v) is 5.38. The maximum atomic E-state index is 12.9. The van der Waals surface area contributed by atoms with E-state index in [2.05, 4.69) is 10.6 Å². The van der Waals surface area contributed by atoms with Crippen molar-refractivity contribution in [2.45, 2.75) is 12.3 Å². The highest BCUT2D eigenvalue weighted by Crippen LogP contribution is 2.31. The van der Waals surface area contributed by atoms with Crippen LogP contribution in [0.5, 0.6) is 5.75 Å². The Morgan fingerprint density at radius 1 is 1.16 bits per heavy atom. The van der Waals surface area contributed by atoms with Gasteiger partial charge in [-0.15, -0.1) is 0 Å². The fourth-order valence-corrected chi connectivity index (χ4v) is 3.64. The lowest BCUT2D eigenvalue weighted by Gasteiger charge is -2.18. The van der Waals surface area contributed by atoms with Gasteiger partial charge in [-0.2, -0.15) is 13.2 Å². The summed E-state index contributed by atoms with van der Waals surface area (Å²) in [6, 6.07) is 12.1. The molecule has 1 aliphatic heterocycles. The van der Waals surface area contributed by atoms with Crippen LogP contribution in [0.4, 0.5) is 18.0 Å². The fourth-order valence-electron chi connectivity index (χ4n) is 2.96. The first-order valence-electron chi connectivity index (χ1n) is 9.64. The number of nitrogens with one attached hydrogen (secondary N) is 2. The van der Waals surface area contributed by atoms with Crippen LogP contribution in [0.3, 0.4) is 0 Å². The van der Waals surface area contributed by atoms with Gasteiger partial charge in [-0.05, 0) is 53.2 Å². The summed E-state index contributed by atoms with van der Waals surface area (Å²) in [6.45, 7) is 1.13. The van der Waals surface area contributed by atoms with E-state index in [1.165, 1.54) is 13.2 Å². The molecule has 2 aromatic rings. The Morgan fingerprint density at radius 2 is 1.91 bits per heavy atom. The van der Waals surface area contributed by atoms with Crippen molar-refractivity contribution in [3.63, 3.8) is 0 Å². The van der Waals surface area contributed by atoms with Crippen molar-refractivity contribution < 1.29 is 32.2 Å². The zero-order valence-electron chi connectivity index (χ0n) is 17.1. The van der Waals surface area contributed by atoms with Crippen LogP contribution in [0.15, 0.2) is 53.4 Å². The second-order valence-corrected chi connectivity index (χ2v) is 7.84. The van der Waals surface area contributed by atoms with Crippen LogP contribution in [0, 0.1) is 0 Å². The van der Waals surface area contributed by atoms with Crippen molar-refractivity contribution >= 4 is 29.0 Å². The molecule has 10 heteroatoms. The molecule has 0 aromatic heterocycles. The van der Waals surface area contributed by atoms with Gasteiger partial charge in [0.2, 0.25) is 0 Å². The lowest BCUT2D eigenvalue weighted by molar-refractivity contribution is -0.137. The average molecular weight is 466 g/mol. The molecule has 1 saturated heterocycles. The minimum atomic E-state index is -4.40. The molecule has 0 bridgehead atoms. The molecule has 2 aromatic carbocycles. The molecule has 6 nitrogen and oxygen atoms in total. The number of amides is 2. The number of rotatable bonds is 9. The Balaban J connectivity index is 1.44. The molecule has 1 fully saturated rings. The van der Waals surface area contributed by atoms with E-state index in [9.17, 15) is 22.8 Å². The van der Waals surface area contributed by atoms with Crippen LogP contribution in [0.1, 0.15) is 22.8 Å². The number of ether oxygens (including phenoxy) is 2. The molecule has 2 amide bonds. The highest BCUT2D eigenvalue weighted by atomic mass is 32.2. The van der Waals surface area contributed by atoms with Crippen molar-refractivity contribution in [2.24, 2.45) is 0 Å². The highest BCUT2D eigenvalue weighted by Gasteiger charge is 2.31. The number of carbonyl (C=O) groups excluding carboxylic acids is 2. The summed E-state index contributed by atoms with van der Waals surface area (Å²) in [5.41, 5.74) is 0.487. The number of halogens is 3. The maximum Gasteiger partial charge on any atom is 0.416 e. The minimum absolute atomic E-state index is 0.326. The average Bonchev–Trinajstić information content (AvgIpc) is 3.08. The van der Waals surface area contributed by atoms with E-state index in [0.29, 0.717) is 35.9 Å². The van der Waals surface area contributed by atoms with E-state index in [4.69, 9.17) is 9.47 Å². The summed E-state index contributed by atoms with van der Waals surface area (Å²) in [7, 11) is 1.45. The summed E-state index contributed by atoms with van der Waals surface area (Å²) in [5, 5.41) is 4.92. The predicted octanol–water partition coefficient (Wildman–Crippen LogP) is 4.39. The summed E-state index contributed by atoms with van der Waals surface area (Å²) in [4.78, 5) is 23.1. The van der Waals surface area contributed by atoms with E-state index >= 15 is 0 Å². The summed E-state index contributed by atoms with van der Waals surface area (Å²) < 4.78 is 49.7. The lowest BCUT2D eigenvalue weighted by atomic mass is 10.1. The largest absolute Gasteiger partial charge is 0.492 e. The van der Waals surface area contributed by atoms with Crippen LogP contribution >= 0.6 is 11.8 Å². The molecule has 32 heavy (non-hydrogen) atoms. The van der Waals surface area contributed by atoms with Gasteiger partial charge in [0.05, 0.1) is 16.6 Å². The zero-order chi connectivity index (χ0) is 23.1. The van der Waals surface area contributed by atoms with Crippen molar-refractivity contribution in [2.75, 3.05) is 26.8 Å². The number of benzene rings is 2. The van der Waals surface area contributed by atoms with E-state index in [1.54, 1.807) is 36.4 Å². The molecule has 170 valence electrons. The second kappa shape index (κ2) is 10.7. The van der Waals surface area contributed by atoms with Crippen LogP contribution < -0.4 is 15.4 Å². The Hall–Kier alpha value is -2.82. The minimum Gasteiger partial charge on any atom is -0.492 e. The standard InChI is InChI=1S/C22H21F3N2O4S/c1-30-18(15-3-2-4-16(12-15)22(23,24)25)13-26-9-10-31-17-7-5-14(6-8-17)11-19-20(28)27-21(29)32-19/h2-8,11-12,18,26H,9-10,13H2,1H3,(H,27,28,29). The predicted molar refractivity (Wildman–Crippen MR) is 115 cm³/mol. The van der Waals surface area contributed by atoms with Crippen LogP contribution in [0.2, 0.25) is 0 Å². The summed E-state index contributed by atoms with van der Waals surface area (Å²) >= 11 is 0.852. The van der Waals surface area contributed by atoms with Gasteiger partial charge < -0.3 is 14.8 Å². The molecule has 3 rings (SSSR count). The molecular weight excluding hydrogens is 445 g/mol. The highest BCUT2D eigenvalue weighted by molar-refractivity contribution is 8.18.